The minimum atomic E-state index is 0.457. The predicted molar refractivity (Wildman–Crippen MR) is 39.7 cm³/mol. The minimum absolute atomic E-state index is 0.457. The van der Waals surface area contributed by atoms with Gasteiger partial charge in [-0.1, -0.05) is 0 Å². The molecule has 2 rings (SSSR count). The molecule has 0 aromatic heterocycles. The highest BCUT2D eigenvalue weighted by atomic mass is 16.5. The Morgan fingerprint density at radius 2 is 2.10 bits per heavy atom. The van der Waals surface area contributed by atoms with Gasteiger partial charge in [-0.3, -0.25) is 0 Å². The van der Waals surface area contributed by atoms with Gasteiger partial charge in [0, 0.05) is 12.6 Å². The van der Waals surface area contributed by atoms with Gasteiger partial charge in [0.1, 0.15) is 0 Å². The molecular weight excluding hydrogens is 126 g/mol. The molecule has 0 aromatic rings. The standard InChI is InChI=1S/C8H15NO/c9-7-1-2-8-4-6(3-7)5-10-8/h6-8H,1-5,9H2/t6?,7-,8?/m1/s1. The van der Waals surface area contributed by atoms with Gasteiger partial charge >= 0.3 is 0 Å². The van der Waals surface area contributed by atoms with Crippen molar-refractivity contribution in [2.45, 2.75) is 37.8 Å². The zero-order chi connectivity index (χ0) is 6.97. The van der Waals surface area contributed by atoms with Crippen LogP contribution in [-0.2, 0) is 4.74 Å². The van der Waals surface area contributed by atoms with E-state index in [4.69, 9.17) is 10.5 Å². The highest BCUT2D eigenvalue weighted by molar-refractivity contribution is 4.82. The fourth-order valence-electron chi connectivity index (χ4n) is 2.09. The Morgan fingerprint density at radius 3 is 3.00 bits per heavy atom. The molecule has 2 N–H and O–H groups in total. The van der Waals surface area contributed by atoms with E-state index in [2.05, 4.69) is 0 Å². The van der Waals surface area contributed by atoms with Gasteiger partial charge in [-0.25, -0.2) is 0 Å². The molecule has 0 aromatic carbocycles. The van der Waals surface area contributed by atoms with Gasteiger partial charge in [-0.15, -0.1) is 0 Å². The van der Waals surface area contributed by atoms with E-state index in [0.29, 0.717) is 12.1 Å². The van der Waals surface area contributed by atoms with E-state index in [1.807, 2.05) is 0 Å². The summed E-state index contributed by atoms with van der Waals surface area (Å²) in [5, 5.41) is 0. The van der Waals surface area contributed by atoms with E-state index in [0.717, 1.165) is 12.5 Å². The van der Waals surface area contributed by atoms with Crippen LogP contribution in [0.5, 0.6) is 0 Å². The van der Waals surface area contributed by atoms with E-state index in [1.54, 1.807) is 0 Å². The summed E-state index contributed by atoms with van der Waals surface area (Å²) in [6.07, 6.45) is 5.38. The van der Waals surface area contributed by atoms with Crippen molar-refractivity contribution in [1.29, 1.82) is 0 Å². The van der Waals surface area contributed by atoms with Crippen molar-refractivity contribution >= 4 is 0 Å². The molecule has 2 nitrogen and oxygen atoms in total. The van der Waals surface area contributed by atoms with Crippen molar-refractivity contribution in [3.63, 3.8) is 0 Å². The fourth-order valence-corrected chi connectivity index (χ4v) is 2.09. The van der Waals surface area contributed by atoms with Gasteiger partial charge in [-0.05, 0) is 31.6 Å². The van der Waals surface area contributed by atoms with E-state index in [-0.39, 0.29) is 0 Å². The molecule has 1 saturated carbocycles. The number of fused-ring (bicyclic) bond motifs is 2. The van der Waals surface area contributed by atoms with E-state index >= 15 is 0 Å². The maximum Gasteiger partial charge on any atom is 0.0579 e. The predicted octanol–water partition coefficient (Wildman–Crippen LogP) is 0.903. The van der Waals surface area contributed by atoms with Crippen LogP contribution < -0.4 is 5.73 Å². The summed E-state index contributed by atoms with van der Waals surface area (Å²) in [4.78, 5) is 0. The number of ether oxygens (including phenoxy) is 1. The molecule has 0 spiro atoms. The summed E-state index contributed by atoms with van der Waals surface area (Å²) in [5.74, 6) is 0.780. The lowest BCUT2D eigenvalue weighted by Gasteiger charge is -2.14. The average molecular weight is 141 g/mol. The molecular formula is C8H15NO. The number of hydrogen-bond donors (Lipinski definition) is 1. The first-order valence-electron chi connectivity index (χ1n) is 4.22. The molecule has 2 fully saturated rings. The number of hydrogen-bond acceptors (Lipinski definition) is 2. The highest BCUT2D eigenvalue weighted by Gasteiger charge is 2.30. The van der Waals surface area contributed by atoms with Crippen LogP contribution in [0, 0.1) is 5.92 Å². The molecule has 2 unspecified atom stereocenters. The molecule has 10 heavy (non-hydrogen) atoms. The molecule has 0 radical (unpaired) electrons. The Kier molecular flexibility index (Phi) is 1.66. The summed E-state index contributed by atoms with van der Waals surface area (Å²) >= 11 is 0. The normalized spacial score (nSPS) is 47.1. The Balaban J connectivity index is 1.99. The molecule has 1 heterocycles. The van der Waals surface area contributed by atoms with Crippen LogP contribution in [0.1, 0.15) is 25.7 Å². The quantitative estimate of drug-likeness (QED) is 0.544. The average Bonchev–Trinajstić information content (AvgIpc) is 2.22. The largest absolute Gasteiger partial charge is 0.378 e. The molecule has 2 bridgehead atoms. The Morgan fingerprint density at radius 1 is 1.20 bits per heavy atom. The first-order valence-corrected chi connectivity index (χ1v) is 4.22. The monoisotopic (exact) mass is 141 g/mol. The van der Waals surface area contributed by atoms with Crippen LogP contribution in [0.15, 0.2) is 0 Å². The lowest BCUT2D eigenvalue weighted by molar-refractivity contribution is 0.0892. The molecule has 2 heteroatoms. The topological polar surface area (TPSA) is 35.2 Å². The van der Waals surface area contributed by atoms with Crippen LogP contribution in [0.2, 0.25) is 0 Å². The Labute approximate surface area is 61.7 Å². The van der Waals surface area contributed by atoms with E-state index < -0.39 is 0 Å². The molecule has 1 saturated heterocycles. The van der Waals surface area contributed by atoms with Crippen LogP contribution in [0.4, 0.5) is 0 Å². The van der Waals surface area contributed by atoms with Gasteiger partial charge in [0.05, 0.1) is 6.10 Å². The third-order valence-corrected chi connectivity index (χ3v) is 2.66. The summed E-state index contributed by atoms with van der Waals surface area (Å²) < 4.78 is 5.55. The maximum absolute atomic E-state index is 5.87. The Bertz CT molecular complexity index is 126. The highest BCUT2D eigenvalue weighted by Crippen LogP contribution is 2.30. The minimum Gasteiger partial charge on any atom is -0.378 e. The van der Waals surface area contributed by atoms with Crippen molar-refractivity contribution in [2.75, 3.05) is 6.61 Å². The summed E-state index contributed by atoms with van der Waals surface area (Å²) in [6.45, 7) is 0.971. The van der Waals surface area contributed by atoms with E-state index in [1.165, 1.54) is 25.7 Å². The van der Waals surface area contributed by atoms with Gasteiger partial charge in [0.15, 0.2) is 0 Å². The molecule has 0 amide bonds. The molecule has 1 aliphatic heterocycles. The van der Waals surface area contributed by atoms with Crippen molar-refractivity contribution in [3.05, 3.63) is 0 Å². The fraction of sp³-hybridized carbons (Fsp3) is 1.00. The molecule has 2 aliphatic rings. The molecule has 58 valence electrons. The van der Waals surface area contributed by atoms with Crippen LogP contribution in [0.3, 0.4) is 0 Å². The van der Waals surface area contributed by atoms with Crippen LogP contribution in [0.25, 0.3) is 0 Å². The smallest absolute Gasteiger partial charge is 0.0579 e. The molecule has 3 atom stereocenters. The SMILES string of the molecule is N[C@@H]1CCC2CC(CO2)C1. The van der Waals surface area contributed by atoms with E-state index in [9.17, 15) is 0 Å². The van der Waals surface area contributed by atoms with Crippen molar-refractivity contribution in [1.82, 2.24) is 0 Å². The Hall–Kier alpha value is -0.0800. The van der Waals surface area contributed by atoms with Gasteiger partial charge in [0.25, 0.3) is 0 Å². The summed E-state index contributed by atoms with van der Waals surface area (Å²) in [5.41, 5.74) is 5.87. The first kappa shape index (κ1) is 6.62. The third kappa shape index (κ3) is 1.18. The van der Waals surface area contributed by atoms with Crippen molar-refractivity contribution in [2.24, 2.45) is 11.7 Å². The lowest BCUT2D eigenvalue weighted by atomic mass is 10.0. The summed E-state index contributed by atoms with van der Waals surface area (Å²) in [7, 11) is 0. The van der Waals surface area contributed by atoms with Gasteiger partial charge < -0.3 is 10.5 Å². The second kappa shape index (κ2) is 2.51. The lowest BCUT2D eigenvalue weighted by Crippen LogP contribution is -2.23. The maximum atomic E-state index is 5.87. The first-order chi connectivity index (χ1) is 4.84. The number of nitrogens with two attached hydrogens (primary N) is 1. The van der Waals surface area contributed by atoms with Gasteiger partial charge in [-0.2, -0.15) is 0 Å². The summed E-state index contributed by atoms with van der Waals surface area (Å²) in [6, 6.07) is 0.457. The zero-order valence-corrected chi connectivity index (χ0v) is 6.25. The van der Waals surface area contributed by atoms with Crippen molar-refractivity contribution in [3.8, 4) is 0 Å². The second-order valence-corrected chi connectivity index (χ2v) is 3.63. The van der Waals surface area contributed by atoms with Gasteiger partial charge in [0.2, 0.25) is 0 Å². The second-order valence-electron chi connectivity index (χ2n) is 3.63. The molecule has 1 aliphatic carbocycles. The van der Waals surface area contributed by atoms with Crippen molar-refractivity contribution < 1.29 is 4.74 Å². The number of rotatable bonds is 0. The van der Waals surface area contributed by atoms with Crippen LogP contribution in [-0.4, -0.2) is 18.8 Å². The zero-order valence-electron chi connectivity index (χ0n) is 6.25. The van der Waals surface area contributed by atoms with Crippen LogP contribution >= 0.6 is 0 Å². The third-order valence-electron chi connectivity index (χ3n) is 2.66.